The van der Waals surface area contributed by atoms with E-state index in [9.17, 15) is 4.79 Å². The van der Waals surface area contributed by atoms with Crippen molar-refractivity contribution in [1.29, 1.82) is 0 Å². The third-order valence-electron chi connectivity index (χ3n) is 5.11. The number of Topliss-reactive ketones (excluding diaryl/α,β-unsaturated/α-hetero) is 1. The molecule has 0 fully saturated rings. The summed E-state index contributed by atoms with van der Waals surface area (Å²) in [5, 5.41) is 0. The second-order valence-corrected chi connectivity index (χ2v) is 7.64. The molecule has 1 aliphatic carbocycles. The predicted octanol–water partition coefficient (Wildman–Crippen LogP) is 6.62. The minimum atomic E-state index is -0.210. The van der Waals surface area contributed by atoms with Gasteiger partial charge in [0.2, 0.25) is 0 Å². The molecule has 128 valence electrons. The van der Waals surface area contributed by atoms with Crippen LogP contribution in [0.3, 0.4) is 0 Å². The van der Waals surface area contributed by atoms with Crippen molar-refractivity contribution in [2.24, 2.45) is 0 Å². The van der Waals surface area contributed by atoms with Gasteiger partial charge in [0.15, 0.2) is 5.78 Å². The highest BCUT2D eigenvalue weighted by Gasteiger charge is 2.35. The van der Waals surface area contributed by atoms with Crippen molar-refractivity contribution in [2.75, 3.05) is 0 Å². The lowest BCUT2D eigenvalue weighted by molar-refractivity contribution is 0.0952. The summed E-state index contributed by atoms with van der Waals surface area (Å²) in [5.41, 5.74) is 5.45. The van der Waals surface area contributed by atoms with E-state index >= 15 is 0 Å². The Balaban J connectivity index is 1.87. The Kier molecular flexibility index (Phi) is 4.60. The van der Waals surface area contributed by atoms with Crippen LogP contribution in [0.25, 0.3) is 5.57 Å². The molecule has 4 rings (SSSR count). The molecule has 1 aliphatic rings. The summed E-state index contributed by atoms with van der Waals surface area (Å²) in [6.07, 6.45) is 2.25. The van der Waals surface area contributed by atoms with Crippen molar-refractivity contribution >= 4 is 27.3 Å². The molecule has 1 nitrogen and oxygen atoms in total. The van der Waals surface area contributed by atoms with Crippen LogP contribution in [-0.2, 0) is 0 Å². The summed E-state index contributed by atoms with van der Waals surface area (Å²) < 4.78 is 1.05. The van der Waals surface area contributed by atoms with Crippen molar-refractivity contribution < 1.29 is 4.79 Å². The smallest absolute Gasteiger partial charge is 0.171 e. The number of carbonyl (C=O) groups is 1. The minimum absolute atomic E-state index is 0.0331. The minimum Gasteiger partial charge on any atom is -0.293 e. The standard InChI is InChI=1S/C24H19BrO/c1-16-15-22(17-11-13-19(25)14-12-17)23(21-10-6-5-9-20(16)21)24(26)18-7-3-2-4-8-18/h2-15,22-23H,1H3. The van der Waals surface area contributed by atoms with Gasteiger partial charge in [0.1, 0.15) is 0 Å². The lowest BCUT2D eigenvalue weighted by atomic mass is 9.71. The Hall–Kier alpha value is -2.45. The molecule has 3 aromatic carbocycles. The first-order valence-corrected chi connectivity index (χ1v) is 9.57. The van der Waals surface area contributed by atoms with Crippen LogP contribution in [0.5, 0.6) is 0 Å². The van der Waals surface area contributed by atoms with E-state index < -0.39 is 0 Å². The molecule has 0 bridgehead atoms. The maximum Gasteiger partial charge on any atom is 0.171 e. The average molecular weight is 403 g/mol. The van der Waals surface area contributed by atoms with E-state index in [2.05, 4.69) is 53.2 Å². The molecular weight excluding hydrogens is 384 g/mol. The van der Waals surface area contributed by atoms with Gasteiger partial charge in [0, 0.05) is 16.0 Å². The van der Waals surface area contributed by atoms with Crippen molar-refractivity contribution in [3.8, 4) is 0 Å². The van der Waals surface area contributed by atoms with Crippen LogP contribution in [0.1, 0.15) is 45.8 Å². The van der Waals surface area contributed by atoms with Crippen LogP contribution in [0, 0.1) is 0 Å². The predicted molar refractivity (Wildman–Crippen MR) is 110 cm³/mol. The van der Waals surface area contributed by atoms with Gasteiger partial charge in [-0.25, -0.2) is 0 Å². The molecule has 26 heavy (non-hydrogen) atoms. The number of halogens is 1. The van der Waals surface area contributed by atoms with Gasteiger partial charge in [-0.2, -0.15) is 0 Å². The number of allylic oxidation sites excluding steroid dienone is 2. The summed E-state index contributed by atoms with van der Waals surface area (Å²) in [6.45, 7) is 2.13. The molecular formula is C24H19BrO. The van der Waals surface area contributed by atoms with E-state index in [4.69, 9.17) is 0 Å². The highest BCUT2D eigenvalue weighted by atomic mass is 79.9. The fraction of sp³-hybridized carbons (Fsp3) is 0.125. The second kappa shape index (κ2) is 7.05. The van der Waals surface area contributed by atoms with Gasteiger partial charge in [0.25, 0.3) is 0 Å². The molecule has 2 unspecified atom stereocenters. The largest absolute Gasteiger partial charge is 0.293 e. The Morgan fingerprint density at radius 2 is 1.50 bits per heavy atom. The normalized spacial score (nSPS) is 18.8. The molecule has 0 aromatic heterocycles. The van der Waals surface area contributed by atoms with E-state index in [-0.39, 0.29) is 17.6 Å². The average Bonchev–Trinajstić information content (AvgIpc) is 2.69. The summed E-state index contributed by atoms with van der Waals surface area (Å²) in [6, 6.07) is 26.2. The zero-order valence-electron chi connectivity index (χ0n) is 14.5. The zero-order valence-corrected chi connectivity index (χ0v) is 16.1. The lowest BCUT2D eigenvalue weighted by Gasteiger charge is -2.31. The second-order valence-electron chi connectivity index (χ2n) is 6.72. The molecule has 0 spiro atoms. The molecule has 0 heterocycles. The molecule has 0 saturated heterocycles. The van der Waals surface area contributed by atoms with E-state index in [0.717, 1.165) is 21.2 Å². The molecule has 0 N–H and O–H groups in total. The molecule has 2 atom stereocenters. The molecule has 0 aliphatic heterocycles. The first kappa shape index (κ1) is 17.0. The monoisotopic (exact) mass is 402 g/mol. The highest BCUT2D eigenvalue weighted by molar-refractivity contribution is 9.10. The van der Waals surface area contributed by atoms with E-state index in [0.29, 0.717) is 0 Å². The number of rotatable bonds is 3. The van der Waals surface area contributed by atoms with Gasteiger partial charge in [-0.15, -0.1) is 0 Å². The van der Waals surface area contributed by atoms with Crippen molar-refractivity contribution in [3.05, 3.63) is 112 Å². The van der Waals surface area contributed by atoms with Crippen LogP contribution in [-0.4, -0.2) is 5.78 Å². The van der Waals surface area contributed by atoms with Crippen molar-refractivity contribution in [1.82, 2.24) is 0 Å². The van der Waals surface area contributed by atoms with Gasteiger partial charge in [0.05, 0.1) is 5.92 Å². The lowest BCUT2D eigenvalue weighted by Crippen LogP contribution is -2.23. The van der Waals surface area contributed by atoms with E-state index in [1.807, 2.05) is 54.6 Å². The number of carbonyl (C=O) groups excluding carboxylic acids is 1. The summed E-state index contributed by atoms with van der Waals surface area (Å²) in [4.78, 5) is 13.5. The topological polar surface area (TPSA) is 17.1 Å². The first-order chi connectivity index (χ1) is 12.6. The molecule has 3 aromatic rings. The Morgan fingerprint density at radius 3 is 2.23 bits per heavy atom. The van der Waals surface area contributed by atoms with Crippen molar-refractivity contribution in [2.45, 2.75) is 18.8 Å². The van der Waals surface area contributed by atoms with Gasteiger partial charge in [-0.3, -0.25) is 4.79 Å². The number of fused-ring (bicyclic) bond motifs is 1. The number of benzene rings is 3. The molecule has 0 amide bonds. The van der Waals surface area contributed by atoms with E-state index in [1.165, 1.54) is 11.1 Å². The van der Waals surface area contributed by atoms with Gasteiger partial charge < -0.3 is 0 Å². The van der Waals surface area contributed by atoms with Gasteiger partial charge in [-0.1, -0.05) is 88.7 Å². The number of hydrogen-bond donors (Lipinski definition) is 0. The summed E-state index contributed by atoms with van der Waals surface area (Å²) in [5.74, 6) is -0.00102. The molecule has 2 heteroatoms. The number of ketones is 1. The number of hydrogen-bond acceptors (Lipinski definition) is 1. The maximum absolute atomic E-state index is 13.5. The SMILES string of the molecule is CC1=CC(c2ccc(Br)cc2)C(C(=O)c2ccccc2)c2ccccc21. The third-order valence-corrected chi connectivity index (χ3v) is 5.63. The maximum atomic E-state index is 13.5. The van der Waals surface area contributed by atoms with Gasteiger partial charge in [-0.05, 0) is 41.3 Å². The van der Waals surface area contributed by atoms with Crippen LogP contribution >= 0.6 is 15.9 Å². The fourth-order valence-electron chi connectivity index (χ4n) is 3.84. The van der Waals surface area contributed by atoms with Crippen LogP contribution in [0.2, 0.25) is 0 Å². The highest BCUT2D eigenvalue weighted by Crippen LogP contribution is 2.45. The van der Waals surface area contributed by atoms with Crippen LogP contribution in [0.15, 0.2) is 89.4 Å². The summed E-state index contributed by atoms with van der Waals surface area (Å²) in [7, 11) is 0. The molecule has 0 saturated carbocycles. The Labute approximate surface area is 162 Å². The van der Waals surface area contributed by atoms with E-state index in [1.54, 1.807) is 0 Å². The zero-order chi connectivity index (χ0) is 18.1. The quantitative estimate of drug-likeness (QED) is 0.450. The Bertz CT molecular complexity index is 971. The Morgan fingerprint density at radius 1 is 0.846 bits per heavy atom. The van der Waals surface area contributed by atoms with Crippen molar-refractivity contribution in [3.63, 3.8) is 0 Å². The fourth-order valence-corrected chi connectivity index (χ4v) is 4.10. The van der Waals surface area contributed by atoms with Gasteiger partial charge >= 0.3 is 0 Å². The molecule has 0 radical (unpaired) electrons. The van der Waals surface area contributed by atoms with Crippen LogP contribution < -0.4 is 0 Å². The van der Waals surface area contributed by atoms with Crippen LogP contribution in [0.4, 0.5) is 0 Å². The third kappa shape index (κ3) is 3.06. The summed E-state index contributed by atoms with van der Waals surface area (Å²) >= 11 is 3.51. The first-order valence-electron chi connectivity index (χ1n) is 8.77.